The van der Waals surface area contributed by atoms with Crippen molar-refractivity contribution in [2.75, 3.05) is 40.4 Å². The van der Waals surface area contributed by atoms with Gasteiger partial charge in [-0.05, 0) is 20.3 Å². The number of ether oxygens (including phenoxy) is 1. The highest BCUT2D eigenvalue weighted by atomic mass is 16.5. The van der Waals surface area contributed by atoms with Gasteiger partial charge in [0, 0.05) is 33.9 Å². The van der Waals surface area contributed by atoms with Crippen molar-refractivity contribution in [3.8, 4) is 0 Å². The smallest absolute Gasteiger partial charge is 0.233 e. The topological polar surface area (TPSA) is 79.5 Å². The van der Waals surface area contributed by atoms with E-state index in [-0.39, 0.29) is 18.4 Å². The quantitative estimate of drug-likeness (QED) is 0.488. The monoisotopic (exact) mass is 259 g/mol. The standard InChI is InChI=1S/C12H25N3O3/c1-12(2,11(17)13-3)9-14-8-10(16)15-6-5-7-18-4/h14H,5-9H2,1-4H3,(H,13,17)(H,15,16). The van der Waals surface area contributed by atoms with E-state index in [9.17, 15) is 9.59 Å². The molecular weight excluding hydrogens is 234 g/mol. The maximum absolute atomic E-state index is 11.5. The van der Waals surface area contributed by atoms with Gasteiger partial charge in [-0.1, -0.05) is 0 Å². The number of methoxy groups -OCH3 is 1. The summed E-state index contributed by atoms with van der Waals surface area (Å²) in [6.45, 7) is 5.57. The van der Waals surface area contributed by atoms with Gasteiger partial charge >= 0.3 is 0 Å². The maximum atomic E-state index is 11.5. The van der Waals surface area contributed by atoms with Crippen molar-refractivity contribution in [3.63, 3.8) is 0 Å². The van der Waals surface area contributed by atoms with Crippen LogP contribution in [0.3, 0.4) is 0 Å². The molecule has 6 nitrogen and oxygen atoms in total. The Labute approximate surface area is 109 Å². The van der Waals surface area contributed by atoms with Crippen molar-refractivity contribution in [2.45, 2.75) is 20.3 Å². The number of hydrogen-bond acceptors (Lipinski definition) is 4. The molecule has 2 amide bonds. The predicted molar refractivity (Wildman–Crippen MR) is 70.2 cm³/mol. The first-order chi connectivity index (χ1) is 8.44. The van der Waals surface area contributed by atoms with Crippen LogP contribution in [-0.2, 0) is 14.3 Å². The van der Waals surface area contributed by atoms with Crippen molar-refractivity contribution in [2.24, 2.45) is 5.41 Å². The molecule has 0 bridgehead atoms. The van der Waals surface area contributed by atoms with Crippen molar-refractivity contribution >= 4 is 11.8 Å². The Bertz CT molecular complexity index is 267. The first-order valence-electron chi connectivity index (χ1n) is 6.12. The Morgan fingerprint density at radius 2 is 1.94 bits per heavy atom. The van der Waals surface area contributed by atoms with E-state index in [0.29, 0.717) is 19.7 Å². The molecule has 3 N–H and O–H groups in total. The van der Waals surface area contributed by atoms with E-state index < -0.39 is 5.41 Å². The highest BCUT2D eigenvalue weighted by Crippen LogP contribution is 2.12. The Morgan fingerprint density at radius 3 is 2.50 bits per heavy atom. The van der Waals surface area contributed by atoms with Crippen molar-refractivity contribution < 1.29 is 14.3 Å². The molecule has 0 rings (SSSR count). The summed E-state index contributed by atoms with van der Waals surface area (Å²) in [6, 6.07) is 0. The maximum Gasteiger partial charge on any atom is 0.233 e. The molecule has 0 saturated heterocycles. The van der Waals surface area contributed by atoms with E-state index in [1.807, 2.05) is 13.8 Å². The van der Waals surface area contributed by atoms with E-state index >= 15 is 0 Å². The van der Waals surface area contributed by atoms with Crippen LogP contribution in [-0.4, -0.2) is 52.2 Å². The molecular formula is C12H25N3O3. The number of rotatable bonds is 9. The molecule has 0 aromatic heterocycles. The third-order valence-electron chi connectivity index (χ3n) is 2.54. The lowest BCUT2D eigenvalue weighted by Crippen LogP contribution is -2.44. The minimum Gasteiger partial charge on any atom is -0.385 e. The molecule has 106 valence electrons. The molecule has 0 heterocycles. The number of carbonyl (C=O) groups excluding carboxylic acids is 2. The van der Waals surface area contributed by atoms with Crippen LogP contribution in [0.15, 0.2) is 0 Å². The van der Waals surface area contributed by atoms with Gasteiger partial charge in [-0.2, -0.15) is 0 Å². The normalized spacial score (nSPS) is 11.1. The van der Waals surface area contributed by atoms with Gasteiger partial charge in [0.2, 0.25) is 11.8 Å². The summed E-state index contributed by atoms with van der Waals surface area (Å²) in [6.07, 6.45) is 0.798. The van der Waals surface area contributed by atoms with E-state index in [4.69, 9.17) is 4.74 Å². The average molecular weight is 259 g/mol. The summed E-state index contributed by atoms with van der Waals surface area (Å²) in [5, 5.41) is 8.34. The van der Waals surface area contributed by atoms with Gasteiger partial charge in [0.15, 0.2) is 0 Å². The zero-order chi connectivity index (χ0) is 14.0. The van der Waals surface area contributed by atoms with Gasteiger partial charge < -0.3 is 20.7 Å². The molecule has 0 fully saturated rings. The average Bonchev–Trinajstić information content (AvgIpc) is 2.33. The fraction of sp³-hybridized carbons (Fsp3) is 0.833. The highest BCUT2D eigenvalue weighted by Gasteiger charge is 2.25. The third kappa shape index (κ3) is 7.24. The van der Waals surface area contributed by atoms with Crippen LogP contribution in [0.25, 0.3) is 0 Å². The SMILES string of the molecule is CNC(=O)C(C)(C)CNCC(=O)NCCCOC. The van der Waals surface area contributed by atoms with Gasteiger partial charge in [-0.15, -0.1) is 0 Å². The van der Waals surface area contributed by atoms with Crippen molar-refractivity contribution in [3.05, 3.63) is 0 Å². The molecule has 18 heavy (non-hydrogen) atoms. The molecule has 0 aromatic rings. The number of hydrogen-bond donors (Lipinski definition) is 3. The minimum absolute atomic E-state index is 0.0458. The number of carbonyl (C=O) groups is 2. The third-order valence-corrected chi connectivity index (χ3v) is 2.54. The van der Waals surface area contributed by atoms with Crippen LogP contribution in [0.2, 0.25) is 0 Å². The molecule has 0 radical (unpaired) electrons. The van der Waals surface area contributed by atoms with Gasteiger partial charge in [0.05, 0.1) is 12.0 Å². The molecule has 0 aliphatic rings. The Hall–Kier alpha value is -1.14. The molecule has 0 aromatic carbocycles. The van der Waals surface area contributed by atoms with E-state index in [2.05, 4.69) is 16.0 Å². The van der Waals surface area contributed by atoms with Crippen LogP contribution in [0, 0.1) is 5.41 Å². The van der Waals surface area contributed by atoms with Crippen molar-refractivity contribution in [1.29, 1.82) is 0 Å². The summed E-state index contributed by atoms with van der Waals surface area (Å²) >= 11 is 0. The van der Waals surface area contributed by atoms with Gasteiger partial charge in [0.1, 0.15) is 0 Å². The fourth-order valence-corrected chi connectivity index (χ4v) is 1.41. The van der Waals surface area contributed by atoms with Crippen LogP contribution in [0.5, 0.6) is 0 Å². The summed E-state index contributed by atoms with van der Waals surface area (Å²) in [4.78, 5) is 22.9. The van der Waals surface area contributed by atoms with Crippen LogP contribution >= 0.6 is 0 Å². The summed E-state index contributed by atoms with van der Waals surface area (Å²) in [7, 11) is 3.23. The van der Waals surface area contributed by atoms with E-state index in [1.165, 1.54) is 0 Å². The fourth-order valence-electron chi connectivity index (χ4n) is 1.41. The van der Waals surface area contributed by atoms with E-state index in [1.54, 1.807) is 14.2 Å². The number of amides is 2. The van der Waals surface area contributed by atoms with Crippen LogP contribution in [0.1, 0.15) is 20.3 Å². The second-order valence-electron chi connectivity index (χ2n) is 4.76. The van der Waals surface area contributed by atoms with Gasteiger partial charge in [0.25, 0.3) is 0 Å². The minimum atomic E-state index is -0.523. The molecule has 0 unspecified atom stereocenters. The Kier molecular flexibility index (Phi) is 8.32. The zero-order valence-electron chi connectivity index (χ0n) is 11.8. The largest absolute Gasteiger partial charge is 0.385 e. The molecule has 0 spiro atoms. The highest BCUT2D eigenvalue weighted by molar-refractivity contribution is 5.82. The first kappa shape index (κ1) is 16.9. The summed E-state index contributed by atoms with van der Waals surface area (Å²) in [5.74, 6) is -0.116. The molecule has 0 aliphatic carbocycles. The molecule has 6 heteroatoms. The van der Waals surface area contributed by atoms with Crippen LogP contribution in [0.4, 0.5) is 0 Å². The number of nitrogens with one attached hydrogen (secondary N) is 3. The van der Waals surface area contributed by atoms with Gasteiger partial charge in [-0.3, -0.25) is 9.59 Å². The lowest BCUT2D eigenvalue weighted by molar-refractivity contribution is -0.129. The van der Waals surface area contributed by atoms with Crippen LogP contribution < -0.4 is 16.0 Å². The predicted octanol–water partition coefficient (Wildman–Crippen LogP) is -0.499. The molecule has 0 saturated carbocycles. The zero-order valence-corrected chi connectivity index (χ0v) is 11.8. The molecule has 0 aliphatic heterocycles. The second-order valence-corrected chi connectivity index (χ2v) is 4.76. The van der Waals surface area contributed by atoms with Crippen molar-refractivity contribution in [1.82, 2.24) is 16.0 Å². The van der Waals surface area contributed by atoms with Gasteiger partial charge in [-0.25, -0.2) is 0 Å². The molecule has 0 atom stereocenters. The lowest BCUT2D eigenvalue weighted by atomic mass is 9.92. The van der Waals surface area contributed by atoms with E-state index in [0.717, 1.165) is 6.42 Å². The summed E-state index contributed by atoms with van der Waals surface area (Å²) < 4.78 is 4.88. The lowest BCUT2D eigenvalue weighted by Gasteiger charge is -2.22. The summed E-state index contributed by atoms with van der Waals surface area (Å²) in [5.41, 5.74) is -0.523. The Balaban J connectivity index is 3.70. The Morgan fingerprint density at radius 1 is 1.28 bits per heavy atom. The first-order valence-corrected chi connectivity index (χ1v) is 6.12. The second kappa shape index (κ2) is 8.88.